The minimum Gasteiger partial charge on any atom is -0.508 e. The Labute approximate surface area is 298 Å². The summed E-state index contributed by atoms with van der Waals surface area (Å²) in [6.07, 6.45) is 3.17. The molecule has 1 fully saturated rings. The zero-order chi connectivity index (χ0) is 36.0. The lowest BCUT2D eigenvalue weighted by Gasteiger charge is -2.44. The molecule has 50 heavy (non-hydrogen) atoms. The zero-order valence-corrected chi connectivity index (χ0v) is 29.5. The van der Waals surface area contributed by atoms with Gasteiger partial charge in [-0.05, 0) is 63.0 Å². The third kappa shape index (κ3) is 10.2. The lowest BCUT2D eigenvalue weighted by Crippen LogP contribution is -2.72. The number of fused-ring (bicyclic) bond motifs is 1. The Kier molecular flexibility index (Phi) is 15.0. The summed E-state index contributed by atoms with van der Waals surface area (Å²) in [5.41, 5.74) is 7.87. The number of unbranched alkanes of at least 4 members (excludes halogenated alkanes) is 1. The van der Waals surface area contributed by atoms with Gasteiger partial charge < -0.3 is 46.6 Å². The maximum atomic E-state index is 13.8. The van der Waals surface area contributed by atoms with Crippen molar-refractivity contribution in [3.63, 3.8) is 0 Å². The number of aliphatic hydroxyl groups is 1. The molecule has 4 atom stereocenters. The van der Waals surface area contributed by atoms with Crippen molar-refractivity contribution >= 4 is 68.1 Å². The van der Waals surface area contributed by atoms with Crippen molar-refractivity contribution in [1.82, 2.24) is 25.8 Å². The van der Waals surface area contributed by atoms with Crippen molar-refractivity contribution in [1.29, 1.82) is 0 Å². The molecule has 16 heteroatoms. The molecule has 3 aromatic rings. The lowest BCUT2D eigenvalue weighted by atomic mass is 10.0. The van der Waals surface area contributed by atoms with E-state index in [-0.39, 0.29) is 37.1 Å². The van der Waals surface area contributed by atoms with Crippen molar-refractivity contribution < 1.29 is 34.2 Å². The number of nitrogens with zero attached hydrogens (tertiary/aromatic N) is 2. The van der Waals surface area contributed by atoms with Gasteiger partial charge in [0.1, 0.15) is 18.1 Å². The second-order valence-electron chi connectivity index (χ2n) is 11.8. The Morgan fingerprint density at radius 3 is 2.54 bits per heavy atom. The number of phenols is 1. The van der Waals surface area contributed by atoms with Crippen molar-refractivity contribution in [3.8, 4) is 5.75 Å². The number of H-pyrrole nitrogens is 1. The SMILES string of the molecule is CNCC(=O)N(c1c[nH]c2ccccc12)[C@@H](CCCCN)C(=O)N[C@@H]1C(=O)N(CCSSCCC(=O)N[C@H](C=O)Cc2ccc(O)cc2)[C@H]1O. The predicted octanol–water partition coefficient (Wildman–Crippen LogP) is 1.27. The van der Waals surface area contributed by atoms with Gasteiger partial charge in [-0.15, -0.1) is 0 Å². The molecule has 1 aromatic heterocycles. The van der Waals surface area contributed by atoms with Crippen LogP contribution in [0.4, 0.5) is 5.69 Å². The molecule has 4 amide bonds. The number of hydrogen-bond acceptors (Lipinski definition) is 11. The monoisotopic (exact) mass is 727 g/mol. The van der Waals surface area contributed by atoms with E-state index in [0.29, 0.717) is 55.7 Å². The fourth-order valence-electron chi connectivity index (χ4n) is 5.68. The average Bonchev–Trinajstić information content (AvgIpc) is 3.54. The number of hydrogen-bond donors (Lipinski definition) is 7. The van der Waals surface area contributed by atoms with E-state index in [2.05, 4.69) is 20.9 Å². The maximum absolute atomic E-state index is 13.8. The van der Waals surface area contributed by atoms with E-state index in [9.17, 15) is 34.2 Å². The Morgan fingerprint density at radius 1 is 1.10 bits per heavy atom. The summed E-state index contributed by atoms with van der Waals surface area (Å²) < 4.78 is 0. The number of aromatic hydroxyl groups is 1. The van der Waals surface area contributed by atoms with E-state index in [1.165, 1.54) is 43.5 Å². The van der Waals surface area contributed by atoms with Gasteiger partial charge in [-0.2, -0.15) is 0 Å². The highest BCUT2D eigenvalue weighted by Gasteiger charge is 2.48. The molecule has 2 heterocycles. The first-order chi connectivity index (χ1) is 24.2. The van der Waals surface area contributed by atoms with Crippen LogP contribution >= 0.6 is 21.6 Å². The number of phenolic OH excluding ortho intramolecular Hbond substituents is 1. The number of aromatic amines is 1. The zero-order valence-electron chi connectivity index (χ0n) is 27.9. The van der Waals surface area contributed by atoms with Gasteiger partial charge in [0.25, 0.3) is 5.91 Å². The number of likely N-dealkylation sites (N-methyl/N-ethyl adjacent to an activating group) is 1. The highest BCUT2D eigenvalue weighted by Crippen LogP contribution is 2.30. The molecule has 2 aromatic carbocycles. The number of para-hydroxylation sites is 1. The summed E-state index contributed by atoms with van der Waals surface area (Å²) in [6, 6.07) is 11.1. The number of benzene rings is 2. The van der Waals surface area contributed by atoms with Gasteiger partial charge in [0.2, 0.25) is 17.7 Å². The second-order valence-corrected chi connectivity index (χ2v) is 14.5. The summed E-state index contributed by atoms with van der Waals surface area (Å²) in [7, 11) is 4.51. The van der Waals surface area contributed by atoms with Crippen LogP contribution in [0.25, 0.3) is 10.9 Å². The van der Waals surface area contributed by atoms with Crippen LogP contribution in [0.1, 0.15) is 31.2 Å². The Morgan fingerprint density at radius 2 is 1.84 bits per heavy atom. The molecule has 0 radical (unpaired) electrons. The van der Waals surface area contributed by atoms with Crippen LogP contribution in [-0.4, -0.2) is 113 Å². The van der Waals surface area contributed by atoms with Crippen molar-refractivity contribution in [2.24, 2.45) is 5.73 Å². The molecule has 270 valence electrons. The van der Waals surface area contributed by atoms with Gasteiger partial charge >= 0.3 is 0 Å². The van der Waals surface area contributed by atoms with E-state index >= 15 is 0 Å². The minimum absolute atomic E-state index is 0.0143. The van der Waals surface area contributed by atoms with Crippen LogP contribution in [0.2, 0.25) is 0 Å². The minimum atomic E-state index is -1.23. The summed E-state index contributed by atoms with van der Waals surface area (Å²) in [5, 5.41) is 29.2. The Balaban J connectivity index is 1.25. The Bertz CT molecular complexity index is 1610. The van der Waals surface area contributed by atoms with Crippen molar-refractivity contribution in [3.05, 3.63) is 60.3 Å². The summed E-state index contributed by atoms with van der Waals surface area (Å²) in [5.74, 6) is -0.488. The molecule has 0 aliphatic carbocycles. The van der Waals surface area contributed by atoms with Crippen LogP contribution in [0, 0.1) is 0 Å². The molecule has 0 unspecified atom stereocenters. The first-order valence-corrected chi connectivity index (χ1v) is 19.0. The van der Waals surface area contributed by atoms with Crippen LogP contribution in [0.15, 0.2) is 54.7 Å². The van der Waals surface area contributed by atoms with Crippen LogP contribution < -0.4 is 26.6 Å². The maximum Gasteiger partial charge on any atom is 0.251 e. The molecular weight excluding hydrogens is 683 g/mol. The molecule has 1 saturated heterocycles. The van der Waals surface area contributed by atoms with E-state index < -0.39 is 36.2 Å². The van der Waals surface area contributed by atoms with E-state index in [1.807, 2.05) is 24.3 Å². The fraction of sp³-hybridized carbons (Fsp3) is 0.441. The lowest BCUT2D eigenvalue weighted by molar-refractivity contribution is -0.173. The molecule has 8 N–H and O–H groups in total. The molecule has 0 spiro atoms. The molecule has 14 nitrogen and oxygen atoms in total. The van der Waals surface area contributed by atoms with E-state index in [0.717, 1.165) is 16.5 Å². The topological polar surface area (TPSA) is 210 Å². The predicted molar refractivity (Wildman–Crippen MR) is 195 cm³/mol. The highest BCUT2D eigenvalue weighted by atomic mass is 33.1. The van der Waals surface area contributed by atoms with Crippen LogP contribution in [0.5, 0.6) is 5.75 Å². The number of aromatic nitrogens is 1. The number of β-lactam (4-membered cyclic amide) rings is 1. The number of rotatable bonds is 21. The van der Waals surface area contributed by atoms with E-state index in [1.54, 1.807) is 25.4 Å². The van der Waals surface area contributed by atoms with Crippen LogP contribution in [0.3, 0.4) is 0 Å². The standard InChI is InChI=1S/C34H45N7O7S2/c1-36-20-30(45)41(28-19-37-26-7-3-2-6-25(26)28)27(8-4-5-14-35)32(46)39-31-33(47)40(34(31)48)15-17-50-49-16-13-29(44)38-23(21-42)18-22-9-11-24(43)12-10-22/h2-3,6-7,9-12,19,21,23,27,31,33,36-37,43,47H,4-5,8,13-18,20,35H2,1H3,(H,38,44)(H,39,46)/t23-,27-,31-,33-/m0/s1. The number of amides is 4. The molecule has 0 saturated carbocycles. The highest BCUT2D eigenvalue weighted by molar-refractivity contribution is 8.76. The van der Waals surface area contributed by atoms with Crippen molar-refractivity contribution in [2.45, 2.75) is 56.5 Å². The van der Waals surface area contributed by atoms with Gasteiger partial charge in [-0.25, -0.2) is 0 Å². The van der Waals surface area contributed by atoms with Gasteiger partial charge in [-0.1, -0.05) is 51.9 Å². The van der Waals surface area contributed by atoms with Gasteiger partial charge in [-0.3, -0.25) is 24.1 Å². The first kappa shape index (κ1) is 38.7. The molecule has 4 rings (SSSR count). The average molecular weight is 728 g/mol. The third-order valence-corrected chi connectivity index (χ3v) is 10.6. The van der Waals surface area contributed by atoms with Crippen molar-refractivity contribution in [2.75, 3.05) is 43.1 Å². The fourth-order valence-corrected chi connectivity index (χ4v) is 7.63. The quantitative estimate of drug-likeness (QED) is 0.0360. The number of carbonyl (C=O) groups is 5. The summed E-state index contributed by atoms with van der Waals surface area (Å²) >= 11 is 0. The van der Waals surface area contributed by atoms with Gasteiger partial charge in [0, 0.05) is 41.6 Å². The summed E-state index contributed by atoms with van der Waals surface area (Å²) in [6.45, 7) is 0.643. The number of carbonyl (C=O) groups excluding carboxylic acids is 5. The first-order valence-electron chi connectivity index (χ1n) is 16.5. The number of nitrogens with one attached hydrogen (secondary N) is 4. The smallest absolute Gasteiger partial charge is 0.251 e. The number of nitrogens with two attached hydrogens (primary N) is 1. The molecule has 1 aliphatic heterocycles. The normalized spacial score (nSPS) is 16.8. The third-order valence-electron chi connectivity index (χ3n) is 8.25. The largest absolute Gasteiger partial charge is 0.508 e. The Hall–Kier alpha value is -4.09. The number of aliphatic hydroxyl groups excluding tert-OH is 1. The van der Waals surface area contributed by atoms with E-state index in [4.69, 9.17) is 5.73 Å². The van der Waals surface area contributed by atoms with Gasteiger partial charge in [0.15, 0.2) is 12.3 Å². The number of anilines is 1. The van der Waals surface area contributed by atoms with Crippen LogP contribution in [-0.2, 0) is 30.4 Å². The number of aldehydes is 1. The summed E-state index contributed by atoms with van der Waals surface area (Å²) in [4.78, 5) is 69.9. The molecule has 1 aliphatic rings. The molecule has 0 bridgehead atoms. The molecular formula is C34H45N7O7S2. The van der Waals surface area contributed by atoms with Gasteiger partial charge in [0.05, 0.1) is 18.3 Å². The second kappa shape index (κ2) is 19.3. The number of likely N-dealkylation sites (tertiary alicyclic amines) is 1.